The van der Waals surface area contributed by atoms with Gasteiger partial charge in [0.2, 0.25) is 0 Å². The minimum atomic E-state index is 0.0826. The van der Waals surface area contributed by atoms with Crippen molar-refractivity contribution in [3.05, 3.63) is 47.5 Å². The number of rotatable bonds is 3. The Labute approximate surface area is 138 Å². The van der Waals surface area contributed by atoms with E-state index in [1.807, 2.05) is 24.1 Å². The second kappa shape index (κ2) is 6.42. The molecule has 0 N–H and O–H groups in total. The van der Waals surface area contributed by atoms with Crippen LogP contribution in [0.1, 0.15) is 43.8 Å². The van der Waals surface area contributed by atoms with Crippen LogP contribution in [-0.4, -0.2) is 39.4 Å². The van der Waals surface area contributed by atoms with Gasteiger partial charge in [-0.25, -0.2) is 0 Å². The molecule has 3 rings (SSSR count). The molecule has 2 aromatic heterocycles. The average Bonchev–Trinajstić information content (AvgIpc) is 2.94. The first-order chi connectivity index (χ1) is 10.9. The predicted molar refractivity (Wildman–Crippen MR) is 90.1 cm³/mol. The highest BCUT2D eigenvalue weighted by Gasteiger charge is 2.24. The summed E-state index contributed by atoms with van der Waals surface area (Å²) in [4.78, 5) is 7.25. The lowest BCUT2D eigenvalue weighted by atomic mass is 9.91. The van der Waals surface area contributed by atoms with Crippen LogP contribution in [0, 0.1) is 0 Å². The molecule has 23 heavy (non-hydrogen) atoms. The van der Waals surface area contributed by atoms with E-state index in [1.165, 1.54) is 0 Å². The Bertz CT molecular complexity index is 659. The van der Waals surface area contributed by atoms with E-state index in [2.05, 4.69) is 49.0 Å². The van der Waals surface area contributed by atoms with Crippen molar-refractivity contribution in [2.75, 3.05) is 19.7 Å². The van der Waals surface area contributed by atoms with Gasteiger partial charge in [-0.3, -0.25) is 14.6 Å². The molecule has 0 aromatic carbocycles. The normalized spacial score (nSPS) is 19.9. The molecule has 5 nitrogen and oxygen atoms in total. The standard InChI is InChI=1S/C18H26N4O/c1-18(2,3)17-7-5-6-15(20-17)12-22-8-9-23-16(13-22)14-10-19-21(4)11-14/h5-7,10-11,16H,8-9,12-13H2,1-4H3. The minimum absolute atomic E-state index is 0.0826. The maximum Gasteiger partial charge on any atom is 0.0982 e. The minimum Gasteiger partial charge on any atom is -0.371 e. The third-order valence-corrected chi connectivity index (χ3v) is 4.21. The van der Waals surface area contributed by atoms with Crippen molar-refractivity contribution in [2.24, 2.45) is 7.05 Å². The van der Waals surface area contributed by atoms with Crippen LogP contribution in [0.25, 0.3) is 0 Å². The molecule has 1 aliphatic rings. The second-order valence-electron chi connectivity index (χ2n) is 7.31. The Hall–Kier alpha value is -1.72. The molecule has 0 aliphatic carbocycles. The van der Waals surface area contributed by atoms with Crippen molar-refractivity contribution in [3.63, 3.8) is 0 Å². The molecule has 124 valence electrons. The van der Waals surface area contributed by atoms with Crippen LogP contribution in [-0.2, 0) is 23.7 Å². The van der Waals surface area contributed by atoms with Crippen molar-refractivity contribution < 1.29 is 4.74 Å². The summed E-state index contributed by atoms with van der Waals surface area (Å²) in [5.41, 5.74) is 3.50. The van der Waals surface area contributed by atoms with Crippen LogP contribution in [0.5, 0.6) is 0 Å². The molecular formula is C18H26N4O. The third-order valence-electron chi connectivity index (χ3n) is 4.21. The zero-order valence-corrected chi connectivity index (χ0v) is 14.5. The lowest BCUT2D eigenvalue weighted by molar-refractivity contribution is -0.0333. The van der Waals surface area contributed by atoms with Gasteiger partial charge in [-0.1, -0.05) is 26.8 Å². The van der Waals surface area contributed by atoms with Gasteiger partial charge in [0, 0.05) is 49.6 Å². The van der Waals surface area contributed by atoms with Gasteiger partial charge in [0.25, 0.3) is 0 Å². The quantitative estimate of drug-likeness (QED) is 0.873. The van der Waals surface area contributed by atoms with Crippen LogP contribution < -0.4 is 0 Å². The highest BCUT2D eigenvalue weighted by Crippen LogP contribution is 2.24. The fourth-order valence-electron chi connectivity index (χ4n) is 2.87. The Kier molecular flexibility index (Phi) is 4.50. The van der Waals surface area contributed by atoms with Gasteiger partial charge in [-0.2, -0.15) is 5.10 Å². The van der Waals surface area contributed by atoms with E-state index < -0.39 is 0 Å². The SMILES string of the molecule is Cn1cc(C2CN(Cc3cccc(C(C)(C)C)n3)CCO2)cn1. The maximum absolute atomic E-state index is 5.91. The summed E-state index contributed by atoms with van der Waals surface area (Å²) in [6.45, 7) is 10.0. The van der Waals surface area contributed by atoms with Crippen LogP contribution in [0.3, 0.4) is 0 Å². The molecule has 1 atom stereocenters. The molecule has 0 spiro atoms. The lowest BCUT2D eigenvalue weighted by Gasteiger charge is -2.32. The zero-order chi connectivity index (χ0) is 16.4. The molecule has 3 heterocycles. The molecule has 1 unspecified atom stereocenters. The number of aryl methyl sites for hydroxylation is 1. The van der Waals surface area contributed by atoms with Crippen LogP contribution >= 0.6 is 0 Å². The first-order valence-corrected chi connectivity index (χ1v) is 8.21. The van der Waals surface area contributed by atoms with Gasteiger partial charge < -0.3 is 4.74 Å². The molecule has 2 aromatic rings. The van der Waals surface area contributed by atoms with E-state index in [4.69, 9.17) is 9.72 Å². The first-order valence-electron chi connectivity index (χ1n) is 8.21. The zero-order valence-electron chi connectivity index (χ0n) is 14.5. The number of hydrogen-bond donors (Lipinski definition) is 0. The number of pyridine rings is 1. The Morgan fingerprint density at radius 1 is 1.30 bits per heavy atom. The van der Waals surface area contributed by atoms with E-state index in [-0.39, 0.29) is 11.5 Å². The number of ether oxygens (including phenoxy) is 1. The highest BCUT2D eigenvalue weighted by molar-refractivity contribution is 5.18. The fraction of sp³-hybridized carbons (Fsp3) is 0.556. The van der Waals surface area contributed by atoms with Crippen molar-refractivity contribution in [1.82, 2.24) is 19.7 Å². The van der Waals surface area contributed by atoms with Gasteiger partial charge in [-0.15, -0.1) is 0 Å². The molecule has 0 saturated carbocycles. The number of aromatic nitrogens is 3. The van der Waals surface area contributed by atoms with Gasteiger partial charge in [-0.05, 0) is 12.1 Å². The van der Waals surface area contributed by atoms with E-state index >= 15 is 0 Å². The van der Waals surface area contributed by atoms with Crippen LogP contribution in [0.4, 0.5) is 0 Å². The van der Waals surface area contributed by atoms with Crippen molar-refractivity contribution in [3.8, 4) is 0 Å². The van der Waals surface area contributed by atoms with Gasteiger partial charge in [0.1, 0.15) is 0 Å². The Morgan fingerprint density at radius 2 is 2.13 bits per heavy atom. The lowest BCUT2D eigenvalue weighted by Crippen LogP contribution is -2.38. The molecule has 0 amide bonds. The number of morpholine rings is 1. The van der Waals surface area contributed by atoms with E-state index in [0.29, 0.717) is 0 Å². The number of hydrogen-bond acceptors (Lipinski definition) is 4. The summed E-state index contributed by atoms with van der Waals surface area (Å²) in [7, 11) is 1.94. The molecular weight excluding hydrogens is 288 g/mol. The summed E-state index contributed by atoms with van der Waals surface area (Å²) in [6.07, 6.45) is 4.03. The van der Waals surface area contributed by atoms with Crippen LogP contribution in [0.15, 0.2) is 30.6 Å². The predicted octanol–water partition coefficient (Wildman–Crippen LogP) is 2.69. The van der Waals surface area contributed by atoms with Crippen molar-refractivity contribution in [2.45, 2.75) is 38.8 Å². The molecule has 1 aliphatic heterocycles. The second-order valence-corrected chi connectivity index (χ2v) is 7.31. The molecule has 1 saturated heterocycles. The summed E-state index contributed by atoms with van der Waals surface area (Å²) in [5.74, 6) is 0. The maximum atomic E-state index is 5.91. The summed E-state index contributed by atoms with van der Waals surface area (Å²) in [6, 6.07) is 6.34. The fourth-order valence-corrected chi connectivity index (χ4v) is 2.87. The summed E-state index contributed by atoms with van der Waals surface area (Å²) >= 11 is 0. The summed E-state index contributed by atoms with van der Waals surface area (Å²) < 4.78 is 7.73. The van der Waals surface area contributed by atoms with E-state index in [0.717, 1.165) is 43.2 Å². The topological polar surface area (TPSA) is 43.2 Å². The average molecular weight is 314 g/mol. The molecule has 1 fully saturated rings. The first kappa shape index (κ1) is 16.1. The monoisotopic (exact) mass is 314 g/mol. The molecule has 0 bridgehead atoms. The van der Waals surface area contributed by atoms with E-state index in [9.17, 15) is 0 Å². The Balaban J connectivity index is 1.68. The molecule has 5 heteroatoms. The van der Waals surface area contributed by atoms with Crippen LogP contribution in [0.2, 0.25) is 0 Å². The van der Waals surface area contributed by atoms with Gasteiger partial charge in [0.15, 0.2) is 0 Å². The van der Waals surface area contributed by atoms with E-state index in [1.54, 1.807) is 0 Å². The highest BCUT2D eigenvalue weighted by atomic mass is 16.5. The van der Waals surface area contributed by atoms with Crippen molar-refractivity contribution >= 4 is 0 Å². The smallest absolute Gasteiger partial charge is 0.0982 e. The largest absolute Gasteiger partial charge is 0.371 e. The third kappa shape index (κ3) is 3.98. The number of nitrogens with zero attached hydrogens (tertiary/aromatic N) is 4. The van der Waals surface area contributed by atoms with Crippen molar-refractivity contribution in [1.29, 1.82) is 0 Å². The van der Waals surface area contributed by atoms with Gasteiger partial charge >= 0.3 is 0 Å². The van der Waals surface area contributed by atoms with Gasteiger partial charge in [0.05, 0.1) is 24.6 Å². The molecule has 0 radical (unpaired) electrons. The Morgan fingerprint density at radius 3 is 2.83 bits per heavy atom. The summed E-state index contributed by atoms with van der Waals surface area (Å²) in [5, 5.41) is 4.25.